The van der Waals surface area contributed by atoms with Crippen LogP contribution < -0.4 is 5.32 Å². The van der Waals surface area contributed by atoms with Gasteiger partial charge < -0.3 is 5.32 Å². The number of hydrogen-bond acceptors (Lipinski definition) is 3. The zero-order valence-electron chi connectivity index (χ0n) is 10.9. The van der Waals surface area contributed by atoms with Crippen LogP contribution in [0.4, 0.5) is 13.2 Å². The van der Waals surface area contributed by atoms with E-state index >= 15 is 0 Å². The Bertz CT molecular complexity index is 649. The van der Waals surface area contributed by atoms with Gasteiger partial charge in [-0.3, -0.25) is 0 Å². The van der Waals surface area contributed by atoms with Crippen molar-refractivity contribution in [2.45, 2.75) is 31.6 Å². The summed E-state index contributed by atoms with van der Waals surface area (Å²) in [4.78, 5) is 0. The molecule has 0 saturated heterocycles. The van der Waals surface area contributed by atoms with Gasteiger partial charge in [-0.1, -0.05) is 5.21 Å². The van der Waals surface area contributed by atoms with Gasteiger partial charge in [-0.25, -0.2) is 4.68 Å². The van der Waals surface area contributed by atoms with Crippen molar-refractivity contribution in [3.05, 3.63) is 40.1 Å². The molecule has 0 amide bonds. The van der Waals surface area contributed by atoms with E-state index in [4.69, 9.17) is 0 Å². The van der Waals surface area contributed by atoms with E-state index in [9.17, 15) is 13.2 Å². The molecule has 1 aliphatic rings. The van der Waals surface area contributed by atoms with Crippen molar-refractivity contribution in [2.75, 3.05) is 0 Å². The normalized spacial score (nSPS) is 15.4. The number of benzene rings is 1. The van der Waals surface area contributed by atoms with Crippen molar-refractivity contribution in [1.82, 2.24) is 20.3 Å². The summed E-state index contributed by atoms with van der Waals surface area (Å²) in [5, 5.41) is 11.2. The lowest BCUT2D eigenvalue weighted by atomic mass is 10.2. The molecule has 3 rings (SSSR count). The third-order valence-electron chi connectivity index (χ3n) is 3.21. The molecule has 112 valence electrons. The lowest BCUT2D eigenvalue weighted by Crippen LogP contribution is -2.15. The molecule has 8 heteroatoms. The summed E-state index contributed by atoms with van der Waals surface area (Å²) >= 11 is 3.24. The highest BCUT2D eigenvalue weighted by atomic mass is 79.9. The molecule has 0 atom stereocenters. The summed E-state index contributed by atoms with van der Waals surface area (Å²) in [7, 11) is 0. The van der Waals surface area contributed by atoms with E-state index in [0.717, 1.165) is 25.0 Å². The summed E-state index contributed by atoms with van der Waals surface area (Å²) in [6, 6.07) is 3.98. The minimum absolute atomic E-state index is 0.315. The summed E-state index contributed by atoms with van der Waals surface area (Å²) < 4.78 is 40.2. The number of alkyl halides is 3. The quantitative estimate of drug-likeness (QED) is 0.909. The van der Waals surface area contributed by atoms with Gasteiger partial charge in [0.25, 0.3) is 0 Å². The van der Waals surface area contributed by atoms with Crippen molar-refractivity contribution in [3.8, 4) is 5.69 Å². The molecule has 0 spiro atoms. The lowest BCUT2D eigenvalue weighted by molar-refractivity contribution is -0.137. The Hall–Kier alpha value is -1.41. The Morgan fingerprint density at radius 3 is 2.76 bits per heavy atom. The van der Waals surface area contributed by atoms with Crippen LogP contribution in [-0.4, -0.2) is 21.0 Å². The van der Waals surface area contributed by atoms with Gasteiger partial charge in [0.1, 0.15) is 0 Å². The lowest BCUT2D eigenvalue weighted by Gasteiger charge is -2.10. The minimum Gasteiger partial charge on any atom is -0.308 e. The molecule has 1 N–H and O–H groups in total. The first-order chi connectivity index (χ1) is 9.93. The molecular formula is C13H12BrF3N4. The molecule has 1 aromatic heterocycles. The van der Waals surface area contributed by atoms with Gasteiger partial charge >= 0.3 is 6.18 Å². The minimum atomic E-state index is -4.38. The SMILES string of the molecule is FC(F)(F)c1ccc(Br)c(-n2cc(CNC3CC3)nn2)c1. The molecule has 2 aromatic rings. The second-order valence-corrected chi connectivity index (χ2v) is 5.83. The van der Waals surface area contributed by atoms with Gasteiger partial charge in [0.2, 0.25) is 0 Å². The van der Waals surface area contributed by atoms with Crippen molar-refractivity contribution in [2.24, 2.45) is 0 Å². The fourth-order valence-corrected chi connectivity index (χ4v) is 2.33. The third kappa shape index (κ3) is 3.44. The van der Waals surface area contributed by atoms with Crippen LogP contribution in [0.1, 0.15) is 24.1 Å². The molecule has 4 nitrogen and oxygen atoms in total. The van der Waals surface area contributed by atoms with E-state index in [1.807, 2.05) is 0 Å². The number of nitrogens with one attached hydrogen (secondary N) is 1. The number of nitrogens with zero attached hydrogens (tertiary/aromatic N) is 3. The molecule has 0 bridgehead atoms. The van der Waals surface area contributed by atoms with Gasteiger partial charge in [-0.05, 0) is 47.0 Å². The predicted molar refractivity (Wildman–Crippen MR) is 73.9 cm³/mol. The molecule has 0 aliphatic heterocycles. The first kappa shape index (κ1) is 14.5. The van der Waals surface area contributed by atoms with E-state index in [1.165, 1.54) is 10.7 Å². The van der Waals surface area contributed by atoms with Crippen LogP contribution in [0.15, 0.2) is 28.9 Å². The fourth-order valence-electron chi connectivity index (χ4n) is 1.90. The third-order valence-corrected chi connectivity index (χ3v) is 3.88. The van der Waals surface area contributed by atoms with Gasteiger partial charge in [-0.2, -0.15) is 13.2 Å². The number of halogens is 4. The fraction of sp³-hybridized carbons (Fsp3) is 0.385. The van der Waals surface area contributed by atoms with Gasteiger partial charge in [0, 0.05) is 17.1 Å². The summed E-state index contributed by atoms with van der Waals surface area (Å²) in [5.74, 6) is 0. The van der Waals surface area contributed by atoms with Crippen LogP contribution >= 0.6 is 15.9 Å². The highest BCUT2D eigenvalue weighted by Crippen LogP contribution is 2.33. The molecule has 21 heavy (non-hydrogen) atoms. The molecule has 1 heterocycles. The van der Waals surface area contributed by atoms with Gasteiger partial charge in [0.15, 0.2) is 0 Å². The van der Waals surface area contributed by atoms with Crippen LogP contribution in [0, 0.1) is 0 Å². The Kier molecular flexibility index (Phi) is 3.75. The average molecular weight is 361 g/mol. The van der Waals surface area contributed by atoms with E-state index < -0.39 is 11.7 Å². The standard InChI is InChI=1S/C13H12BrF3N4/c14-11-4-1-8(13(15,16)17)5-12(11)21-7-10(19-20-21)6-18-9-2-3-9/h1,4-5,7,9,18H,2-3,6H2. The molecule has 0 radical (unpaired) electrons. The molecule has 1 saturated carbocycles. The highest BCUT2D eigenvalue weighted by Gasteiger charge is 2.31. The van der Waals surface area contributed by atoms with Gasteiger partial charge in [0.05, 0.1) is 23.1 Å². The van der Waals surface area contributed by atoms with Crippen LogP contribution in [0.5, 0.6) is 0 Å². The van der Waals surface area contributed by atoms with Crippen LogP contribution in [0.2, 0.25) is 0 Å². The van der Waals surface area contributed by atoms with E-state index in [2.05, 4.69) is 31.6 Å². The average Bonchev–Trinajstić information content (AvgIpc) is 3.13. The number of rotatable bonds is 4. The van der Waals surface area contributed by atoms with Crippen molar-refractivity contribution in [3.63, 3.8) is 0 Å². The monoisotopic (exact) mass is 360 g/mol. The topological polar surface area (TPSA) is 42.7 Å². The molecule has 1 fully saturated rings. The summed E-state index contributed by atoms with van der Waals surface area (Å²) in [5.41, 5.74) is 0.301. The van der Waals surface area contributed by atoms with Crippen LogP contribution in [0.3, 0.4) is 0 Å². The zero-order chi connectivity index (χ0) is 15.0. The Balaban J connectivity index is 1.84. The smallest absolute Gasteiger partial charge is 0.308 e. The van der Waals surface area contributed by atoms with Crippen molar-refractivity contribution < 1.29 is 13.2 Å². The molecule has 1 aromatic carbocycles. The second kappa shape index (κ2) is 5.42. The van der Waals surface area contributed by atoms with E-state index in [1.54, 1.807) is 6.20 Å². The van der Waals surface area contributed by atoms with Crippen molar-refractivity contribution in [1.29, 1.82) is 0 Å². The van der Waals surface area contributed by atoms with E-state index in [0.29, 0.717) is 28.4 Å². The van der Waals surface area contributed by atoms with Crippen molar-refractivity contribution >= 4 is 15.9 Å². The summed E-state index contributed by atoms with van der Waals surface area (Å²) in [6.07, 6.45) is -0.428. The predicted octanol–water partition coefficient (Wildman–Crippen LogP) is 3.30. The Morgan fingerprint density at radius 1 is 1.33 bits per heavy atom. The molecule has 0 unspecified atom stereocenters. The number of aromatic nitrogens is 3. The zero-order valence-corrected chi connectivity index (χ0v) is 12.4. The Labute approximate surface area is 127 Å². The Morgan fingerprint density at radius 2 is 2.10 bits per heavy atom. The maximum absolute atomic E-state index is 12.8. The second-order valence-electron chi connectivity index (χ2n) is 4.97. The first-order valence-corrected chi connectivity index (χ1v) is 7.24. The maximum Gasteiger partial charge on any atom is 0.416 e. The number of hydrogen-bond donors (Lipinski definition) is 1. The highest BCUT2D eigenvalue weighted by molar-refractivity contribution is 9.10. The van der Waals surface area contributed by atoms with E-state index in [-0.39, 0.29) is 0 Å². The largest absolute Gasteiger partial charge is 0.416 e. The first-order valence-electron chi connectivity index (χ1n) is 6.45. The van der Waals surface area contributed by atoms with Crippen LogP contribution in [-0.2, 0) is 12.7 Å². The maximum atomic E-state index is 12.8. The summed E-state index contributed by atoms with van der Waals surface area (Å²) in [6.45, 7) is 0.571. The van der Waals surface area contributed by atoms with Gasteiger partial charge in [-0.15, -0.1) is 5.10 Å². The molecular weight excluding hydrogens is 349 g/mol. The molecule has 1 aliphatic carbocycles. The van der Waals surface area contributed by atoms with Crippen LogP contribution in [0.25, 0.3) is 5.69 Å².